The van der Waals surface area contributed by atoms with Crippen molar-refractivity contribution in [1.29, 1.82) is 0 Å². The summed E-state index contributed by atoms with van der Waals surface area (Å²) in [5, 5.41) is 3.92. The van der Waals surface area contributed by atoms with Crippen molar-refractivity contribution < 1.29 is 4.74 Å². The number of aromatic amines is 1. The molecule has 6 heteroatoms. The summed E-state index contributed by atoms with van der Waals surface area (Å²) < 4.78 is 5.13. The van der Waals surface area contributed by atoms with Crippen LogP contribution in [-0.2, 0) is 4.74 Å². The first kappa shape index (κ1) is 16.0. The van der Waals surface area contributed by atoms with Crippen LogP contribution in [0, 0.1) is 5.92 Å². The van der Waals surface area contributed by atoms with Gasteiger partial charge in [-0.15, -0.1) is 0 Å². The van der Waals surface area contributed by atoms with Crippen LogP contribution in [0.1, 0.15) is 12.8 Å². The van der Waals surface area contributed by atoms with Gasteiger partial charge >= 0.3 is 0 Å². The number of nitrogens with one attached hydrogen (secondary N) is 2. The number of para-hydroxylation sites is 1. The van der Waals surface area contributed by atoms with Crippen LogP contribution in [0.15, 0.2) is 29.1 Å². The minimum atomic E-state index is -0.0903. The first-order valence-electron chi connectivity index (χ1n) is 8.20. The molecule has 0 unspecified atom stereocenters. The van der Waals surface area contributed by atoms with Crippen LogP contribution >= 0.6 is 0 Å². The lowest BCUT2D eigenvalue weighted by molar-refractivity contribution is 0.122. The lowest BCUT2D eigenvalue weighted by Crippen LogP contribution is -2.37. The Kier molecular flexibility index (Phi) is 5.25. The molecule has 1 aliphatic heterocycles. The van der Waals surface area contributed by atoms with Gasteiger partial charge in [-0.2, -0.15) is 0 Å². The maximum atomic E-state index is 12.0. The molecule has 1 aliphatic rings. The van der Waals surface area contributed by atoms with E-state index >= 15 is 0 Å². The van der Waals surface area contributed by atoms with Gasteiger partial charge in [0.25, 0.3) is 5.56 Å². The number of aromatic nitrogens is 2. The highest BCUT2D eigenvalue weighted by atomic mass is 16.5. The molecule has 1 fully saturated rings. The normalized spacial score (nSPS) is 16.7. The van der Waals surface area contributed by atoms with E-state index < -0.39 is 0 Å². The Balaban J connectivity index is 1.54. The van der Waals surface area contributed by atoms with Gasteiger partial charge in [-0.3, -0.25) is 9.78 Å². The van der Waals surface area contributed by atoms with E-state index in [2.05, 4.69) is 20.2 Å². The second-order valence-electron chi connectivity index (χ2n) is 6.09. The van der Waals surface area contributed by atoms with Gasteiger partial charge in [0, 0.05) is 20.2 Å². The average molecular weight is 316 g/mol. The first-order valence-corrected chi connectivity index (χ1v) is 8.20. The lowest BCUT2D eigenvalue weighted by atomic mass is 9.97. The smallest absolute Gasteiger partial charge is 0.260 e. The Morgan fingerprint density at radius 1 is 1.35 bits per heavy atom. The van der Waals surface area contributed by atoms with Gasteiger partial charge in [-0.1, -0.05) is 12.1 Å². The van der Waals surface area contributed by atoms with E-state index in [9.17, 15) is 4.79 Å². The molecule has 0 saturated carbocycles. The monoisotopic (exact) mass is 316 g/mol. The highest BCUT2D eigenvalue weighted by Gasteiger charge is 2.18. The molecule has 0 aliphatic carbocycles. The van der Waals surface area contributed by atoms with Crippen LogP contribution in [0.3, 0.4) is 0 Å². The van der Waals surface area contributed by atoms with E-state index in [0.717, 1.165) is 51.1 Å². The molecule has 0 amide bonds. The highest BCUT2D eigenvalue weighted by molar-refractivity contribution is 5.78. The van der Waals surface area contributed by atoms with Gasteiger partial charge in [0.2, 0.25) is 5.95 Å². The molecular weight excluding hydrogens is 292 g/mol. The molecule has 0 bridgehead atoms. The molecule has 0 spiro atoms. The van der Waals surface area contributed by atoms with Crippen LogP contribution in [0.5, 0.6) is 0 Å². The fourth-order valence-electron chi connectivity index (χ4n) is 3.05. The van der Waals surface area contributed by atoms with Gasteiger partial charge in [-0.05, 0) is 44.0 Å². The molecule has 1 saturated heterocycles. The predicted molar refractivity (Wildman–Crippen MR) is 91.9 cm³/mol. The number of piperidine rings is 1. The van der Waals surface area contributed by atoms with Crippen molar-refractivity contribution in [1.82, 2.24) is 14.9 Å². The molecular formula is C17H24N4O2. The van der Waals surface area contributed by atoms with Gasteiger partial charge in [0.1, 0.15) is 0 Å². The molecule has 23 heavy (non-hydrogen) atoms. The Labute approximate surface area is 135 Å². The van der Waals surface area contributed by atoms with Crippen LogP contribution in [0.4, 0.5) is 5.95 Å². The van der Waals surface area contributed by atoms with E-state index in [0.29, 0.717) is 17.3 Å². The van der Waals surface area contributed by atoms with E-state index in [-0.39, 0.29) is 5.56 Å². The fourth-order valence-corrected chi connectivity index (χ4v) is 3.05. The van der Waals surface area contributed by atoms with Gasteiger partial charge in [0.15, 0.2) is 0 Å². The number of ether oxygens (including phenoxy) is 1. The lowest BCUT2D eigenvalue weighted by Gasteiger charge is -2.31. The van der Waals surface area contributed by atoms with Crippen molar-refractivity contribution in [3.63, 3.8) is 0 Å². The van der Waals surface area contributed by atoms with E-state index in [4.69, 9.17) is 4.74 Å². The third-order valence-electron chi connectivity index (χ3n) is 4.49. The second-order valence-corrected chi connectivity index (χ2v) is 6.09. The topological polar surface area (TPSA) is 70.2 Å². The van der Waals surface area contributed by atoms with Crippen LogP contribution in [0.2, 0.25) is 0 Å². The van der Waals surface area contributed by atoms with Crippen molar-refractivity contribution in [2.45, 2.75) is 12.8 Å². The zero-order valence-electron chi connectivity index (χ0n) is 13.5. The quantitative estimate of drug-likeness (QED) is 0.849. The van der Waals surface area contributed by atoms with E-state index in [1.54, 1.807) is 13.2 Å². The number of benzene rings is 1. The summed E-state index contributed by atoms with van der Waals surface area (Å²) >= 11 is 0. The van der Waals surface area contributed by atoms with Crippen LogP contribution < -0.4 is 10.9 Å². The number of methoxy groups -OCH3 is 1. The Morgan fingerprint density at radius 3 is 2.91 bits per heavy atom. The zero-order chi connectivity index (χ0) is 16.1. The minimum absolute atomic E-state index is 0.0903. The number of likely N-dealkylation sites (tertiary alicyclic amines) is 1. The standard InChI is InChI=1S/C17H24N4O2/c1-23-11-10-21-8-6-13(7-9-21)12-18-17-19-15-5-3-2-4-14(15)16(22)20-17/h2-5,13H,6-12H2,1H3,(H2,18,19,20,22). The SMILES string of the molecule is COCCN1CCC(CNc2nc3ccccc3c(=O)[nH]2)CC1. The summed E-state index contributed by atoms with van der Waals surface area (Å²) in [4.78, 5) is 21.8. The number of nitrogens with zero attached hydrogens (tertiary/aromatic N) is 2. The first-order chi connectivity index (χ1) is 11.3. The molecule has 6 nitrogen and oxygen atoms in total. The third kappa shape index (κ3) is 4.09. The number of hydrogen-bond acceptors (Lipinski definition) is 5. The van der Waals surface area contributed by atoms with Crippen molar-refractivity contribution in [3.8, 4) is 0 Å². The van der Waals surface area contributed by atoms with Crippen molar-refractivity contribution in [2.24, 2.45) is 5.92 Å². The number of anilines is 1. The zero-order valence-corrected chi connectivity index (χ0v) is 13.5. The van der Waals surface area contributed by atoms with E-state index in [1.165, 1.54) is 0 Å². The molecule has 0 atom stereocenters. The number of hydrogen-bond donors (Lipinski definition) is 2. The van der Waals surface area contributed by atoms with Crippen molar-refractivity contribution in [2.75, 3.05) is 45.2 Å². The number of rotatable bonds is 6. The highest BCUT2D eigenvalue weighted by Crippen LogP contribution is 2.17. The Hall–Kier alpha value is -1.92. The fraction of sp³-hybridized carbons (Fsp3) is 0.529. The Bertz CT molecular complexity index is 692. The largest absolute Gasteiger partial charge is 0.383 e. The van der Waals surface area contributed by atoms with Gasteiger partial charge in [0.05, 0.1) is 17.5 Å². The summed E-state index contributed by atoms with van der Waals surface area (Å²) in [6.07, 6.45) is 2.32. The molecule has 3 rings (SSSR count). The summed E-state index contributed by atoms with van der Waals surface area (Å²) in [5.41, 5.74) is 0.639. The van der Waals surface area contributed by atoms with Crippen molar-refractivity contribution >= 4 is 16.9 Å². The number of H-pyrrole nitrogens is 1. The maximum Gasteiger partial charge on any atom is 0.260 e. The molecule has 2 aromatic rings. The summed E-state index contributed by atoms with van der Waals surface area (Å²) in [6.45, 7) is 4.87. The molecule has 0 radical (unpaired) electrons. The van der Waals surface area contributed by atoms with Crippen LogP contribution in [-0.4, -0.2) is 54.8 Å². The maximum absolute atomic E-state index is 12.0. The van der Waals surface area contributed by atoms with Gasteiger partial charge in [-0.25, -0.2) is 4.98 Å². The molecule has 2 heterocycles. The predicted octanol–water partition coefficient (Wildman–Crippen LogP) is 1.69. The third-order valence-corrected chi connectivity index (χ3v) is 4.49. The molecule has 1 aromatic heterocycles. The van der Waals surface area contributed by atoms with Gasteiger partial charge < -0.3 is 15.0 Å². The average Bonchev–Trinajstić information content (AvgIpc) is 2.59. The molecule has 1 aromatic carbocycles. The summed E-state index contributed by atoms with van der Waals surface area (Å²) in [5.74, 6) is 1.18. The molecule has 124 valence electrons. The van der Waals surface area contributed by atoms with Crippen molar-refractivity contribution in [3.05, 3.63) is 34.6 Å². The van der Waals surface area contributed by atoms with E-state index in [1.807, 2.05) is 18.2 Å². The second kappa shape index (κ2) is 7.57. The summed E-state index contributed by atoms with van der Waals surface area (Å²) in [6, 6.07) is 7.41. The number of fused-ring (bicyclic) bond motifs is 1. The summed E-state index contributed by atoms with van der Waals surface area (Å²) in [7, 11) is 1.74. The Morgan fingerprint density at radius 2 is 2.13 bits per heavy atom. The minimum Gasteiger partial charge on any atom is -0.383 e. The van der Waals surface area contributed by atoms with Crippen LogP contribution in [0.25, 0.3) is 10.9 Å². The molecule has 2 N–H and O–H groups in total.